The number of halogens is 1. The van der Waals surface area contributed by atoms with Crippen LogP contribution in [0.1, 0.15) is 5.56 Å². The zero-order valence-corrected chi connectivity index (χ0v) is 7.12. The molecule has 64 valence electrons. The van der Waals surface area contributed by atoms with Crippen molar-refractivity contribution in [1.82, 2.24) is 0 Å². The molecule has 0 saturated carbocycles. The highest BCUT2D eigenvalue weighted by Crippen LogP contribution is 2.14. The third kappa shape index (κ3) is 2.51. The highest BCUT2D eigenvalue weighted by atomic mass is 35.5. The van der Waals surface area contributed by atoms with E-state index >= 15 is 0 Å². The largest absolute Gasteiger partial charge is 0.265 e. The molecule has 0 atom stereocenters. The third-order valence-corrected chi connectivity index (χ3v) is 1.89. The standard InChI is InChI=1S/C8H8ClNO2/c9-8-4-2-1-3-7(8)5-6-10(11)12/h1-4H,5-6H2. The Balaban J connectivity index is 2.63. The van der Waals surface area contributed by atoms with E-state index in [1.165, 1.54) is 0 Å². The average molecular weight is 186 g/mol. The highest BCUT2D eigenvalue weighted by molar-refractivity contribution is 6.31. The fourth-order valence-electron chi connectivity index (χ4n) is 0.913. The van der Waals surface area contributed by atoms with Crippen LogP contribution in [0.3, 0.4) is 0 Å². The van der Waals surface area contributed by atoms with Crippen molar-refractivity contribution < 1.29 is 4.92 Å². The van der Waals surface area contributed by atoms with E-state index in [2.05, 4.69) is 0 Å². The first-order valence-corrected chi connectivity index (χ1v) is 3.93. The minimum absolute atomic E-state index is 0.0657. The van der Waals surface area contributed by atoms with Crippen molar-refractivity contribution in [2.75, 3.05) is 6.54 Å². The average Bonchev–Trinajstić information content (AvgIpc) is 2.03. The van der Waals surface area contributed by atoms with Gasteiger partial charge in [-0.1, -0.05) is 29.8 Å². The Bertz CT molecular complexity index is 288. The molecular formula is C8H8ClNO2. The molecular weight excluding hydrogens is 178 g/mol. The second-order valence-corrected chi connectivity index (χ2v) is 2.80. The lowest BCUT2D eigenvalue weighted by molar-refractivity contribution is -0.479. The summed E-state index contributed by atoms with van der Waals surface area (Å²) in [5, 5.41) is 10.6. The lowest BCUT2D eigenvalue weighted by Gasteiger charge is -1.98. The molecule has 0 amide bonds. The lowest BCUT2D eigenvalue weighted by Crippen LogP contribution is -2.04. The lowest BCUT2D eigenvalue weighted by atomic mass is 10.1. The van der Waals surface area contributed by atoms with Crippen LogP contribution < -0.4 is 0 Å². The Morgan fingerprint density at radius 3 is 2.67 bits per heavy atom. The summed E-state index contributed by atoms with van der Waals surface area (Å²) in [6.07, 6.45) is 0.396. The summed E-state index contributed by atoms with van der Waals surface area (Å²) in [7, 11) is 0. The van der Waals surface area contributed by atoms with Crippen molar-refractivity contribution in [2.24, 2.45) is 0 Å². The Morgan fingerprint density at radius 2 is 2.08 bits per heavy atom. The molecule has 1 aromatic carbocycles. The van der Waals surface area contributed by atoms with E-state index < -0.39 is 0 Å². The van der Waals surface area contributed by atoms with Gasteiger partial charge in [0.05, 0.1) is 0 Å². The van der Waals surface area contributed by atoms with Crippen LogP contribution in [0.15, 0.2) is 24.3 Å². The summed E-state index contributed by atoms with van der Waals surface area (Å²) in [5.74, 6) is 0. The summed E-state index contributed by atoms with van der Waals surface area (Å²) >= 11 is 5.79. The third-order valence-electron chi connectivity index (χ3n) is 1.52. The molecule has 0 fully saturated rings. The van der Waals surface area contributed by atoms with E-state index in [0.29, 0.717) is 11.4 Å². The number of nitrogens with zero attached hydrogens (tertiary/aromatic N) is 1. The van der Waals surface area contributed by atoms with Crippen LogP contribution >= 0.6 is 11.6 Å². The predicted octanol–water partition coefficient (Wildman–Crippen LogP) is 2.16. The van der Waals surface area contributed by atoms with Crippen LogP contribution in [0, 0.1) is 10.1 Å². The summed E-state index contributed by atoms with van der Waals surface area (Å²) in [6, 6.07) is 7.15. The van der Waals surface area contributed by atoms with Crippen LogP contribution in [0.2, 0.25) is 5.02 Å². The normalized spacial score (nSPS) is 9.75. The van der Waals surface area contributed by atoms with Gasteiger partial charge in [0.25, 0.3) is 0 Å². The van der Waals surface area contributed by atoms with Crippen LogP contribution in [-0.4, -0.2) is 11.5 Å². The minimum atomic E-state index is -0.344. The Hall–Kier alpha value is -1.09. The van der Waals surface area contributed by atoms with Gasteiger partial charge in [-0.25, -0.2) is 0 Å². The van der Waals surface area contributed by atoms with Crippen LogP contribution in [-0.2, 0) is 6.42 Å². The van der Waals surface area contributed by atoms with Crippen molar-refractivity contribution in [3.63, 3.8) is 0 Å². The molecule has 0 N–H and O–H groups in total. The molecule has 4 heteroatoms. The van der Waals surface area contributed by atoms with E-state index in [4.69, 9.17) is 11.6 Å². The van der Waals surface area contributed by atoms with Gasteiger partial charge in [-0.3, -0.25) is 10.1 Å². The zero-order valence-electron chi connectivity index (χ0n) is 6.37. The number of hydrogen-bond donors (Lipinski definition) is 0. The highest BCUT2D eigenvalue weighted by Gasteiger charge is 2.02. The maximum atomic E-state index is 10.0. The van der Waals surface area contributed by atoms with Gasteiger partial charge in [-0.05, 0) is 11.6 Å². The van der Waals surface area contributed by atoms with Gasteiger partial charge in [0.15, 0.2) is 0 Å². The van der Waals surface area contributed by atoms with Crippen molar-refractivity contribution in [3.05, 3.63) is 45.0 Å². The molecule has 0 aliphatic carbocycles. The van der Waals surface area contributed by atoms with E-state index in [9.17, 15) is 10.1 Å². The van der Waals surface area contributed by atoms with Gasteiger partial charge in [-0.2, -0.15) is 0 Å². The second kappa shape index (κ2) is 4.07. The van der Waals surface area contributed by atoms with Crippen LogP contribution in [0.25, 0.3) is 0 Å². The molecule has 12 heavy (non-hydrogen) atoms. The van der Waals surface area contributed by atoms with Gasteiger partial charge in [0.1, 0.15) is 0 Å². The maximum Gasteiger partial charge on any atom is 0.207 e. The zero-order chi connectivity index (χ0) is 8.97. The summed E-state index contributed by atoms with van der Waals surface area (Å²) in [5.41, 5.74) is 0.830. The molecule has 0 aliphatic heterocycles. The predicted molar refractivity (Wildman–Crippen MR) is 47.0 cm³/mol. The number of benzene rings is 1. The molecule has 0 unspecified atom stereocenters. The molecule has 1 rings (SSSR count). The summed E-state index contributed by atoms with van der Waals surface area (Å²) in [4.78, 5) is 9.70. The van der Waals surface area contributed by atoms with Crippen LogP contribution in [0.4, 0.5) is 0 Å². The molecule has 0 heterocycles. The molecule has 0 spiro atoms. The van der Waals surface area contributed by atoms with Gasteiger partial charge >= 0.3 is 0 Å². The number of hydrogen-bond acceptors (Lipinski definition) is 2. The van der Waals surface area contributed by atoms with Gasteiger partial charge in [-0.15, -0.1) is 0 Å². The first kappa shape index (κ1) is 9.00. The summed E-state index contributed by atoms with van der Waals surface area (Å²) in [6.45, 7) is -0.0657. The van der Waals surface area contributed by atoms with Crippen molar-refractivity contribution >= 4 is 11.6 Å². The van der Waals surface area contributed by atoms with E-state index in [0.717, 1.165) is 5.56 Å². The summed E-state index contributed by atoms with van der Waals surface area (Å²) < 4.78 is 0. The van der Waals surface area contributed by atoms with E-state index in [1.807, 2.05) is 6.07 Å². The Kier molecular flexibility index (Phi) is 3.05. The van der Waals surface area contributed by atoms with Gasteiger partial charge in [0.2, 0.25) is 6.54 Å². The smallest absolute Gasteiger partial charge is 0.207 e. The molecule has 1 aromatic rings. The Morgan fingerprint density at radius 1 is 1.42 bits per heavy atom. The number of nitro groups is 1. The van der Waals surface area contributed by atoms with Gasteiger partial charge in [0, 0.05) is 16.4 Å². The van der Waals surface area contributed by atoms with Crippen molar-refractivity contribution in [3.8, 4) is 0 Å². The van der Waals surface area contributed by atoms with E-state index in [1.54, 1.807) is 18.2 Å². The van der Waals surface area contributed by atoms with Gasteiger partial charge < -0.3 is 0 Å². The molecule has 0 bridgehead atoms. The quantitative estimate of drug-likeness (QED) is 0.535. The SMILES string of the molecule is O=[N+]([O-])CCc1ccccc1Cl. The molecule has 0 aliphatic rings. The topological polar surface area (TPSA) is 43.1 Å². The van der Waals surface area contributed by atoms with E-state index in [-0.39, 0.29) is 11.5 Å². The van der Waals surface area contributed by atoms with Crippen molar-refractivity contribution in [2.45, 2.75) is 6.42 Å². The number of rotatable bonds is 3. The second-order valence-electron chi connectivity index (χ2n) is 2.40. The van der Waals surface area contributed by atoms with Crippen LogP contribution in [0.5, 0.6) is 0 Å². The monoisotopic (exact) mass is 185 g/mol. The van der Waals surface area contributed by atoms with Crippen molar-refractivity contribution in [1.29, 1.82) is 0 Å². The fraction of sp³-hybridized carbons (Fsp3) is 0.250. The first-order valence-electron chi connectivity index (χ1n) is 3.55. The minimum Gasteiger partial charge on any atom is -0.265 e. The molecule has 0 aromatic heterocycles. The molecule has 0 radical (unpaired) electrons. The first-order chi connectivity index (χ1) is 5.70. The molecule has 3 nitrogen and oxygen atoms in total. The Labute approximate surface area is 75.1 Å². The maximum absolute atomic E-state index is 10.0. The molecule has 0 saturated heterocycles. The fourth-order valence-corrected chi connectivity index (χ4v) is 1.14.